The summed E-state index contributed by atoms with van der Waals surface area (Å²) in [4.78, 5) is 50.0. The van der Waals surface area contributed by atoms with Gasteiger partial charge in [0.15, 0.2) is 0 Å². The molecule has 0 spiro atoms. The summed E-state index contributed by atoms with van der Waals surface area (Å²) in [5.74, 6) is -2.99. The molecule has 9 nitrogen and oxygen atoms in total. The molecule has 2 rings (SSSR count). The van der Waals surface area contributed by atoms with Crippen molar-refractivity contribution in [3.63, 3.8) is 0 Å². The number of fused-ring (bicyclic) bond motifs is 2. The minimum atomic E-state index is -1.54. The van der Waals surface area contributed by atoms with Gasteiger partial charge in [-0.3, -0.25) is 9.59 Å². The monoisotopic (exact) mass is 261 g/mol. The number of carbonyl (C=O) groups is 4. The SMILES string of the molecule is NC1CC(=O)OC2C(=O)N(OC1=O)C(=O)N2S. The molecule has 0 aromatic rings. The number of rotatable bonds is 0. The zero-order valence-electron chi connectivity index (χ0n) is 8.23. The molecular weight excluding hydrogens is 254 g/mol. The van der Waals surface area contributed by atoms with Crippen molar-refractivity contribution < 1.29 is 28.8 Å². The van der Waals surface area contributed by atoms with Crippen LogP contribution in [-0.2, 0) is 24.0 Å². The number of carbonyl (C=O) groups excluding carboxylic acids is 4. The van der Waals surface area contributed by atoms with Crippen LogP contribution in [0.15, 0.2) is 0 Å². The summed E-state index contributed by atoms with van der Waals surface area (Å²) in [5, 5.41) is 0.165. The van der Waals surface area contributed by atoms with E-state index in [1.807, 2.05) is 0 Å². The Labute approximate surface area is 99.9 Å². The molecule has 10 heteroatoms. The Balaban J connectivity index is 2.35. The third kappa shape index (κ3) is 1.80. The number of nitrogens with zero attached hydrogens (tertiary/aromatic N) is 2. The van der Waals surface area contributed by atoms with Gasteiger partial charge in [-0.05, 0) is 0 Å². The van der Waals surface area contributed by atoms with Gasteiger partial charge in [-0.15, -0.1) is 0 Å². The fraction of sp³-hybridized carbons (Fsp3) is 0.429. The summed E-state index contributed by atoms with van der Waals surface area (Å²) in [6.45, 7) is 0. The van der Waals surface area contributed by atoms with Gasteiger partial charge in [-0.1, -0.05) is 17.9 Å². The van der Waals surface area contributed by atoms with Crippen molar-refractivity contribution >= 4 is 36.7 Å². The number of hydrogen-bond donors (Lipinski definition) is 2. The number of urea groups is 1. The summed E-state index contributed by atoms with van der Waals surface area (Å²) in [6, 6.07) is -2.32. The fourth-order valence-corrected chi connectivity index (χ4v) is 1.50. The fourth-order valence-electron chi connectivity index (χ4n) is 1.27. The second-order valence-corrected chi connectivity index (χ2v) is 3.75. The van der Waals surface area contributed by atoms with E-state index in [2.05, 4.69) is 22.4 Å². The lowest BCUT2D eigenvalue weighted by Gasteiger charge is -2.17. The van der Waals surface area contributed by atoms with Crippen LogP contribution in [0.2, 0.25) is 0 Å². The Morgan fingerprint density at radius 3 is 2.59 bits per heavy atom. The van der Waals surface area contributed by atoms with E-state index in [1.165, 1.54) is 0 Å². The number of nitrogens with two attached hydrogens (primary N) is 1. The van der Waals surface area contributed by atoms with Crippen LogP contribution in [0, 0.1) is 0 Å². The van der Waals surface area contributed by atoms with Gasteiger partial charge in [-0.2, -0.15) is 0 Å². The molecule has 0 aliphatic carbocycles. The maximum absolute atomic E-state index is 11.6. The molecule has 2 fully saturated rings. The highest BCUT2D eigenvalue weighted by Crippen LogP contribution is 2.23. The second-order valence-electron chi connectivity index (χ2n) is 3.32. The number of hydrogen-bond acceptors (Lipinski definition) is 8. The average Bonchev–Trinajstić information content (AvgIpc) is 2.47. The normalized spacial score (nSPS) is 29.5. The first-order chi connectivity index (χ1) is 7.91. The summed E-state index contributed by atoms with van der Waals surface area (Å²) in [7, 11) is 0. The van der Waals surface area contributed by atoms with E-state index in [1.54, 1.807) is 0 Å². The number of hydroxylamine groups is 2. The molecule has 17 heavy (non-hydrogen) atoms. The van der Waals surface area contributed by atoms with Gasteiger partial charge in [0.05, 0.1) is 6.42 Å². The minimum Gasteiger partial charge on any atom is -0.430 e. The Morgan fingerprint density at radius 2 is 1.94 bits per heavy atom. The van der Waals surface area contributed by atoms with E-state index < -0.39 is 42.6 Å². The molecular formula is C7H7N3O6S. The van der Waals surface area contributed by atoms with Crippen LogP contribution in [0.25, 0.3) is 0 Å². The maximum Gasteiger partial charge on any atom is 0.374 e. The van der Waals surface area contributed by atoms with Crippen LogP contribution < -0.4 is 5.73 Å². The van der Waals surface area contributed by atoms with Crippen molar-refractivity contribution in [2.24, 2.45) is 5.73 Å². The van der Waals surface area contributed by atoms with Crippen molar-refractivity contribution in [1.82, 2.24) is 9.37 Å². The Kier molecular flexibility index (Phi) is 2.67. The van der Waals surface area contributed by atoms with Crippen LogP contribution in [0.4, 0.5) is 4.79 Å². The van der Waals surface area contributed by atoms with E-state index >= 15 is 0 Å². The van der Waals surface area contributed by atoms with Gasteiger partial charge < -0.3 is 15.3 Å². The van der Waals surface area contributed by atoms with E-state index in [0.29, 0.717) is 4.31 Å². The predicted molar refractivity (Wildman–Crippen MR) is 51.6 cm³/mol. The molecule has 3 amide bonds. The predicted octanol–water partition coefficient (Wildman–Crippen LogP) is -1.85. The van der Waals surface area contributed by atoms with Crippen LogP contribution >= 0.6 is 12.8 Å². The van der Waals surface area contributed by atoms with Crippen molar-refractivity contribution in [3.05, 3.63) is 0 Å². The van der Waals surface area contributed by atoms with Crippen molar-refractivity contribution in [1.29, 1.82) is 0 Å². The van der Waals surface area contributed by atoms with Gasteiger partial charge in [0, 0.05) is 0 Å². The van der Waals surface area contributed by atoms with Crippen LogP contribution in [-0.4, -0.2) is 45.5 Å². The third-order valence-corrected chi connectivity index (χ3v) is 2.50. The molecule has 2 atom stereocenters. The molecule has 92 valence electrons. The zero-order valence-corrected chi connectivity index (χ0v) is 9.12. The Hall–Kier alpha value is -1.81. The van der Waals surface area contributed by atoms with E-state index in [0.717, 1.165) is 0 Å². The lowest BCUT2D eigenvalue weighted by molar-refractivity contribution is -0.185. The number of esters is 1. The van der Waals surface area contributed by atoms with Gasteiger partial charge >= 0.3 is 23.9 Å². The molecule has 0 aromatic heterocycles. The average molecular weight is 261 g/mol. The molecule has 0 saturated carbocycles. The van der Waals surface area contributed by atoms with Crippen LogP contribution in [0.3, 0.4) is 0 Å². The largest absolute Gasteiger partial charge is 0.430 e. The highest BCUT2D eigenvalue weighted by Gasteiger charge is 2.51. The topological polar surface area (TPSA) is 119 Å². The molecule has 2 heterocycles. The Morgan fingerprint density at radius 1 is 1.29 bits per heavy atom. The number of thiol groups is 1. The van der Waals surface area contributed by atoms with Gasteiger partial charge in [0.25, 0.3) is 6.23 Å². The summed E-state index contributed by atoms with van der Waals surface area (Å²) in [5.41, 5.74) is 5.31. The highest BCUT2D eigenvalue weighted by molar-refractivity contribution is 7.78. The molecule has 2 N–H and O–H groups in total. The molecule has 2 bridgehead atoms. The quantitative estimate of drug-likeness (QED) is 0.298. The van der Waals surface area contributed by atoms with Crippen molar-refractivity contribution in [2.75, 3.05) is 0 Å². The molecule has 0 radical (unpaired) electrons. The lowest BCUT2D eigenvalue weighted by Crippen LogP contribution is -2.41. The molecule has 2 unspecified atom stereocenters. The van der Waals surface area contributed by atoms with Crippen molar-refractivity contribution in [3.8, 4) is 0 Å². The van der Waals surface area contributed by atoms with Crippen molar-refractivity contribution in [2.45, 2.75) is 18.7 Å². The highest BCUT2D eigenvalue weighted by atomic mass is 32.1. The van der Waals surface area contributed by atoms with E-state index in [4.69, 9.17) is 5.73 Å². The molecule has 2 aliphatic rings. The van der Waals surface area contributed by atoms with E-state index in [9.17, 15) is 19.2 Å². The molecule has 2 aliphatic heterocycles. The number of ether oxygens (including phenoxy) is 1. The maximum atomic E-state index is 11.6. The summed E-state index contributed by atoms with van der Waals surface area (Å²) < 4.78 is 5.21. The Bertz CT molecular complexity index is 426. The lowest BCUT2D eigenvalue weighted by atomic mass is 10.2. The zero-order chi connectivity index (χ0) is 12.7. The second kappa shape index (κ2) is 3.89. The van der Waals surface area contributed by atoms with E-state index in [-0.39, 0.29) is 5.06 Å². The number of amides is 3. The summed E-state index contributed by atoms with van der Waals surface area (Å²) in [6.07, 6.45) is -2.00. The standard InChI is InChI=1S/C7H7N3O6S/c8-2-1-3(11)15-5-4(12)9(16-6(2)13)7(14)10(5)17/h2,5,17H,1,8H2. The minimum absolute atomic E-state index is 0.165. The first kappa shape index (κ1) is 11.7. The van der Waals surface area contributed by atoms with Crippen LogP contribution in [0.1, 0.15) is 6.42 Å². The van der Waals surface area contributed by atoms with Gasteiger partial charge in [0.1, 0.15) is 6.04 Å². The van der Waals surface area contributed by atoms with Crippen LogP contribution in [0.5, 0.6) is 0 Å². The molecule has 0 aromatic carbocycles. The third-order valence-electron chi connectivity index (χ3n) is 2.12. The molecule has 2 saturated heterocycles. The van der Waals surface area contributed by atoms with Gasteiger partial charge in [-0.25, -0.2) is 13.9 Å². The first-order valence-corrected chi connectivity index (χ1v) is 4.84. The smallest absolute Gasteiger partial charge is 0.374 e. The number of imide groups is 1. The summed E-state index contributed by atoms with van der Waals surface area (Å²) >= 11 is 3.67. The van der Waals surface area contributed by atoms with Gasteiger partial charge in [0.2, 0.25) is 0 Å². The first-order valence-electron chi connectivity index (χ1n) is 4.44.